The Bertz CT molecular complexity index is 1120. The van der Waals surface area contributed by atoms with Gasteiger partial charge >= 0.3 is 0 Å². The van der Waals surface area contributed by atoms with Crippen LogP contribution in [0.15, 0.2) is 36.4 Å². The predicted molar refractivity (Wildman–Crippen MR) is 144 cm³/mol. The van der Waals surface area contributed by atoms with Crippen molar-refractivity contribution in [2.24, 2.45) is 0 Å². The minimum atomic E-state index is -0.718. The second kappa shape index (κ2) is 11.2. The lowest BCUT2D eigenvalue weighted by atomic mass is 9.78. The number of rotatable bonds is 8. The monoisotopic (exact) mass is 529 g/mol. The highest BCUT2D eigenvalue weighted by Gasteiger charge is 2.48. The molecule has 2 amide bonds. The summed E-state index contributed by atoms with van der Waals surface area (Å²) in [4.78, 5) is 29.0. The molecular weight excluding hydrogens is 494 g/mol. The minimum Gasteiger partial charge on any atom is -0.493 e. The molecule has 2 saturated heterocycles. The summed E-state index contributed by atoms with van der Waals surface area (Å²) in [6, 6.07) is 10.9. The second-order valence-electron chi connectivity index (χ2n) is 10.2. The number of carbonyl (C=O) groups is 2. The van der Waals surface area contributed by atoms with Gasteiger partial charge in [0.25, 0.3) is 5.91 Å². The van der Waals surface area contributed by atoms with Crippen LogP contribution in [0.1, 0.15) is 56.3 Å². The molecule has 0 radical (unpaired) electrons. The van der Waals surface area contributed by atoms with Crippen molar-refractivity contribution in [1.29, 1.82) is 0 Å². The number of nitrogens with zero attached hydrogens (tertiary/aromatic N) is 1. The summed E-state index contributed by atoms with van der Waals surface area (Å²) in [6.07, 6.45) is 4.65. The van der Waals surface area contributed by atoms with Crippen LogP contribution in [0.5, 0.6) is 17.2 Å². The summed E-state index contributed by atoms with van der Waals surface area (Å²) in [5, 5.41) is 6.83. The maximum atomic E-state index is 13.4. The van der Waals surface area contributed by atoms with E-state index < -0.39 is 5.54 Å². The van der Waals surface area contributed by atoms with Gasteiger partial charge in [-0.2, -0.15) is 0 Å². The second-order valence-corrected chi connectivity index (χ2v) is 10.7. The van der Waals surface area contributed by atoms with Crippen molar-refractivity contribution in [2.45, 2.75) is 69.6 Å². The molecule has 2 unspecified atom stereocenters. The number of halogens is 1. The SMILES string of the molecule is COc1cc(C(=O)NC2CC3CCCC(C2)N3C(C)(C)C(=O)Nc2cccc(Cl)c2)cc(OC)c1OC. The van der Waals surface area contributed by atoms with E-state index in [1.807, 2.05) is 26.0 Å². The maximum absolute atomic E-state index is 13.4. The first kappa shape index (κ1) is 27.1. The van der Waals surface area contributed by atoms with Gasteiger partial charge in [0.2, 0.25) is 11.7 Å². The van der Waals surface area contributed by atoms with Crippen LogP contribution in [0.2, 0.25) is 5.02 Å². The third kappa shape index (κ3) is 5.65. The smallest absolute Gasteiger partial charge is 0.251 e. The molecule has 2 atom stereocenters. The van der Waals surface area contributed by atoms with Gasteiger partial charge in [-0.3, -0.25) is 14.5 Å². The fourth-order valence-electron chi connectivity index (χ4n) is 5.86. The topological polar surface area (TPSA) is 89.1 Å². The molecule has 2 aliphatic rings. The number of carbonyl (C=O) groups excluding carboxylic acids is 2. The Morgan fingerprint density at radius 3 is 2.14 bits per heavy atom. The molecule has 200 valence electrons. The zero-order valence-corrected chi connectivity index (χ0v) is 22.9. The van der Waals surface area contributed by atoms with E-state index >= 15 is 0 Å². The molecule has 2 aromatic rings. The minimum absolute atomic E-state index is 0.00457. The van der Waals surface area contributed by atoms with E-state index in [9.17, 15) is 9.59 Å². The van der Waals surface area contributed by atoms with Crippen LogP contribution >= 0.6 is 11.6 Å². The number of fused-ring (bicyclic) bond motifs is 2. The van der Waals surface area contributed by atoms with Crippen LogP contribution in [-0.4, -0.2) is 61.7 Å². The van der Waals surface area contributed by atoms with Crippen molar-refractivity contribution >= 4 is 29.1 Å². The van der Waals surface area contributed by atoms with E-state index in [0.29, 0.717) is 33.5 Å². The van der Waals surface area contributed by atoms with Crippen LogP contribution in [0.25, 0.3) is 0 Å². The van der Waals surface area contributed by atoms with E-state index in [0.717, 1.165) is 32.1 Å². The molecule has 0 saturated carbocycles. The third-order valence-electron chi connectivity index (χ3n) is 7.52. The molecule has 37 heavy (non-hydrogen) atoms. The molecule has 2 aliphatic heterocycles. The first-order valence-corrected chi connectivity index (χ1v) is 13.0. The van der Waals surface area contributed by atoms with Crippen molar-refractivity contribution in [3.05, 3.63) is 47.0 Å². The van der Waals surface area contributed by atoms with Crippen molar-refractivity contribution < 1.29 is 23.8 Å². The van der Waals surface area contributed by atoms with Crippen LogP contribution in [0.4, 0.5) is 5.69 Å². The van der Waals surface area contributed by atoms with Gasteiger partial charge < -0.3 is 24.8 Å². The molecule has 8 nitrogen and oxygen atoms in total. The Hall–Kier alpha value is -2.97. The van der Waals surface area contributed by atoms with E-state index in [4.69, 9.17) is 25.8 Å². The van der Waals surface area contributed by atoms with Gasteiger partial charge in [0.1, 0.15) is 0 Å². The van der Waals surface area contributed by atoms with Crippen LogP contribution in [0, 0.1) is 0 Å². The van der Waals surface area contributed by atoms with Gasteiger partial charge in [0.15, 0.2) is 11.5 Å². The number of anilines is 1. The molecule has 2 fully saturated rings. The normalized spacial score (nSPS) is 21.6. The van der Waals surface area contributed by atoms with Gasteiger partial charge in [0.05, 0.1) is 26.9 Å². The molecule has 2 N–H and O–H groups in total. The van der Waals surface area contributed by atoms with E-state index in [2.05, 4.69) is 15.5 Å². The Kier molecular flexibility index (Phi) is 8.19. The summed E-state index contributed by atoms with van der Waals surface area (Å²) in [5.41, 5.74) is 0.413. The van der Waals surface area contributed by atoms with Gasteiger partial charge in [-0.15, -0.1) is 0 Å². The Morgan fingerprint density at radius 1 is 0.973 bits per heavy atom. The van der Waals surface area contributed by atoms with Crippen molar-refractivity contribution in [1.82, 2.24) is 10.2 Å². The quantitative estimate of drug-likeness (QED) is 0.505. The largest absolute Gasteiger partial charge is 0.493 e. The number of hydrogen-bond acceptors (Lipinski definition) is 6. The zero-order chi connectivity index (χ0) is 26.7. The van der Waals surface area contributed by atoms with Crippen LogP contribution in [-0.2, 0) is 4.79 Å². The molecular formula is C28H36ClN3O5. The van der Waals surface area contributed by atoms with Gasteiger partial charge in [-0.1, -0.05) is 24.1 Å². The Balaban J connectivity index is 1.47. The summed E-state index contributed by atoms with van der Waals surface area (Å²) in [7, 11) is 4.59. The third-order valence-corrected chi connectivity index (χ3v) is 7.76. The van der Waals surface area contributed by atoms with Crippen LogP contribution in [0.3, 0.4) is 0 Å². The van der Waals surface area contributed by atoms with Crippen molar-refractivity contribution in [3.8, 4) is 17.2 Å². The zero-order valence-electron chi connectivity index (χ0n) is 22.1. The first-order valence-electron chi connectivity index (χ1n) is 12.6. The van der Waals surface area contributed by atoms with Gasteiger partial charge in [-0.25, -0.2) is 0 Å². The summed E-state index contributed by atoms with van der Waals surface area (Å²) in [6.45, 7) is 3.96. The Labute approximate surface area is 223 Å². The number of methoxy groups -OCH3 is 3. The molecule has 2 aromatic carbocycles. The number of nitrogens with one attached hydrogen (secondary N) is 2. The van der Waals surface area contributed by atoms with Gasteiger partial charge in [-0.05, 0) is 69.9 Å². The molecule has 4 rings (SSSR count). The number of benzene rings is 2. The van der Waals surface area contributed by atoms with E-state index in [-0.39, 0.29) is 29.9 Å². The highest BCUT2D eigenvalue weighted by atomic mass is 35.5. The van der Waals surface area contributed by atoms with Crippen molar-refractivity contribution in [2.75, 3.05) is 26.6 Å². The predicted octanol–water partition coefficient (Wildman–Crippen LogP) is 4.90. The maximum Gasteiger partial charge on any atom is 0.251 e. The molecule has 0 aliphatic carbocycles. The van der Waals surface area contributed by atoms with E-state index in [1.165, 1.54) is 21.3 Å². The van der Waals surface area contributed by atoms with Crippen molar-refractivity contribution in [3.63, 3.8) is 0 Å². The average molecular weight is 530 g/mol. The fourth-order valence-corrected chi connectivity index (χ4v) is 6.05. The molecule has 2 bridgehead atoms. The van der Waals surface area contributed by atoms with Crippen LogP contribution < -0.4 is 24.8 Å². The lowest BCUT2D eigenvalue weighted by molar-refractivity contribution is -0.134. The highest BCUT2D eigenvalue weighted by Crippen LogP contribution is 2.41. The van der Waals surface area contributed by atoms with E-state index in [1.54, 1.807) is 24.3 Å². The summed E-state index contributed by atoms with van der Waals surface area (Å²) >= 11 is 6.10. The summed E-state index contributed by atoms with van der Waals surface area (Å²) in [5.74, 6) is 1.07. The van der Waals surface area contributed by atoms with Gasteiger partial charge in [0, 0.05) is 34.4 Å². The number of hydrogen-bond donors (Lipinski definition) is 2. The lowest BCUT2D eigenvalue weighted by Gasteiger charge is -2.54. The average Bonchev–Trinajstić information content (AvgIpc) is 2.87. The fraction of sp³-hybridized carbons (Fsp3) is 0.500. The summed E-state index contributed by atoms with van der Waals surface area (Å²) < 4.78 is 16.2. The molecule has 0 aromatic heterocycles. The number of ether oxygens (including phenoxy) is 3. The molecule has 2 heterocycles. The Morgan fingerprint density at radius 2 is 1.59 bits per heavy atom. The standard InChI is InChI=1S/C28H36ClN3O5/c1-28(2,27(34)31-19-9-6-8-18(29)14-19)32-21-10-7-11-22(32)16-20(15-21)30-26(33)17-12-23(35-3)25(37-5)24(13-17)36-4/h6,8-9,12-14,20-22H,7,10-11,15-16H2,1-5H3,(H,30,33)(H,31,34). The molecule has 0 spiro atoms. The molecule has 9 heteroatoms. The lowest BCUT2D eigenvalue weighted by Crippen LogP contribution is -2.66. The highest BCUT2D eigenvalue weighted by molar-refractivity contribution is 6.30. The number of amides is 2. The first-order chi connectivity index (χ1) is 17.7. The number of piperidine rings is 2.